The molecule has 1 nitrogen and oxygen atoms in total. The number of rotatable bonds is 1. The van der Waals surface area contributed by atoms with Crippen molar-refractivity contribution in [2.24, 2.45) is 0 Å². The number of aliphatic hydroxyl groups excluding tert-OH is 1. The van der Waals surface area contributed by atoms with Gasteiger partial charge in [0.2, 0.25) is 0 Å². The molecule has 78 valence electrons. The molecule has 4 heteroatoms. The SMILES string of the molecule is Cc1cc([C@@H](C)O)cc(C(F)(F)F)c1. The largest absolute Gasteiger partial charge is 0.416 e. The van der Waals surface area contributed by atoms with Crippen LogP contribution in [-0.2, 0) is 6.18 Å². The molecule has 14 heavy (non-hydrogen) atoms. The Morgan fingerprint density at radius 2 is 1.79 bits per heavy atom. The van der Waals surface area contributed by atoms with Crippen LogP contribution in [0.3, 0.4) is 0 Å². The minimum Gasteiger partial charge on any atom is -0.389 e. The first kappa shape index (κ1) is 11.0. The zero-order chi connectivity index (χ0) is 10.9. The van der Waals surface area contributed by atoms with E-state index in [1.54, 1.807) is 13.0 Å². The van der Waals surface area contributed by atoms with Crippen LogP contribution in [0.5, 0.6) is 0 Å². The van der Waals surface area contributed by atoms with E-state index >= 15 is 0 Å². The molecule has 1 atom stereocenters. The third kappa shape index (κ3) is 2.48. The maximum Gasteiger partial charge on any atom is 0.416 e. The molecule has 1 aromatic rings. The van der Waals surface area contributed by atoms with Gasteiger partial charge in [-0.3, -0.25) is 0 Å². The van der Waals surface area contributed by atoms with Crippen LogP contribution in [0, 0.1) is 6.92 Å². The number of hydrogen-bond donors (Lipinski definition) is 1. The monoisotopic (exact) mass is 204 g/mol. The van der Waals surface area contributed by atoms with E-state index in [0.29, 0.717) is 5.56 Å². The van der Waals surface area contributed by atoms with Crippen molar-refractivity contribution in [3.63, 3.8) is 0 Å². The summed E-state index contributed by atoms with van der Waals surface area (Å²) in [4.78, 5) is 0. The van der Waals surface area contributed by atoms with E-state index < -0.39 is 17.8 Å². The number of halogens is 3. The van der Waals surface area contributed by atoms with Crippen molar-refractivity contribution in [3.05, 3.63) is 34.9 Å². The van der Waals surface area contributed by atoms with Gasteiger partial charge in [-0.25, -0.2) is 0 Å². The average molecular weight is 204 g/mol. The number of benzene rings is 1. The summed E-state index contributed by atoms with van der Waals surface area (Å²) < 4.78 is 37.0. The van der Waals surface area contributed by atoms with Crippen LogP contribution in [-0.4, -0.2) is 5.11 Å². The van der Waals surface area contributed by atoms with Gasteiger partial charge in [-0.15, -0.1) is 0 Å². The van der Waals surface area contributed by atoms with E-state index in [2.05, 4.69) is 0 Å². The Labute approximate surface area is 80.2 Å². The maximum absolute atomic E-state index is 12.3. The lowest BCUT2D eigenvalue weighted by Crippen LogP contribution is -2.07. The second-order valence-corrected chi connectivity index (χ2v) is 3.31. The summed E-state index contributed by atoms with van der Waals surface area (Å²) in [6, 6.07) is 3.57. The Morgan fingerprint density at radius 3 is 2.21 bits per heavy atom. The quantitative estimate of drug-likeness (QED) is 0.745. The summed E-state index contributed by atoms with van der Waals surface area (Å²) in [5.74, 6) is 0. The fraction of sp³-hybridized carbons (Fsp3) is 0.400. The van der Waals surface area contributed by atoms with Crippen LogP contribution in [0.15, 0.2) is 18.2 Å². The van der Waals surface area contributed by atoms with Crippen molar-refractivity contribution >= 4 is 0 Å². The molecule has 0 bridgehead atoms. The Kier molecular flexibility index (Phi) is 2.85. The molecule has 0 radical (unpaired) electrons. The first-order valence-corrected chi connectivity index (χ1v) is 4.17. The molecule has 0 aliphatic carbocycles. The van der Waals surface area contributed by atoms with E-state index in [4.69, 9.17) is 0 Å². The van der Waals surface area contributed by atoms with E-state index in [1.807, 2.05) is 0 Å². The van der Waals surface area contributed by atoms with Gasteiger partial charge < -0.3 is 5.11 Å². The Morgan fingerprint density at radius 1 is 1.21 bits per heavy atom. The van der Waals surface area contributed by atoms with E-state index in [9.17, 15) is 18.3 Å². The standard InChI is InChI=1S/C10H11F3O/c1-6-3-8(7(2)14)5-9(4-6)10(11,12)13/h3-5,7,14H,1-2H3/t7-/m1/s1. The Balaban J connectivity index is 3.21. The fourth-order valence-corrected chi connectivity index (χ4v) is 1.22. The molecule has 1 aromatic carbocycles. The van der Waals surface area contributed by atoms with Gasteiger partial charge in [0.1, 0.15) is 0 Å². The molecule has 0 fully saturated rings. The molecule has 0 saturated heterocycles. The predicted molar refractivity (Wildman–Crippen MR) is 46.8 cm³/mol. The molecule has 0 aliphatic rings. The molecule has 0 saturated carbocycles. The van der Waals surface area contributed by atoms with Gasteiger partial charge in [-0.05, 0) is 31.5 Å². The lowest BCUT2D eigenvalue weighted by atomic mass is 10.0. The first-order chi connectivity index (χ1) is 6.30. The summed E-state index contributed by atoms with van der Waals surface area (Å²) >= 11 is 0. The number of alkyl halides is 3. The summed E-state index contributed by atoms with van der Waals surface area (Å²) in [7, 11) is 0. The average Bonchev–Trinajstić information content (AvgIpc) is 2.01. The summed E-state index contributed by atoms with van der Waals surface area (Å²) in [6.07, 6.45) is -5.23. The maximum atomic E-state index is 12.3. The zero-order valence-electron chi connectivity index (χ0n) is 7.89. The van der Waals surface area contributed by atoms with E-state index in [1.165, 1.54) is 6.92 Å². The van der Waals surface area contributed by atoms with Crippen molar-refractivity contribution in [2.45, 2.75) is 26.1 Å². The van der Waals surface area contributed by atoms with Gasteiger partial charge in [0, 0.05) is 0 Å². The third-order valence-corrected chi connectivity index (χ3v) is 1.91. The molecule has 1 rings (SSSR count). The van der Waals surface area contributed by atoms with E-state index in [-0.39, 0.29) is 5.56 Å². The Bertz CT molecular complexity index is 329. The van der Waals surface area contributed by atoms with Gasteiger partial charge in [0.15, 0.2) is 0 Å². The molecular formula is C10H11F3O. The summed E-state index contributed by atoms with van der Waals surface area (Å²) in [5.41, 5.74) is 0.0708. The number of hydrogen-bond acceptors (Lipinski definition) is 1. The van der Waals surface area contributed by atoms with Gasteiger partial charge in [0.25, 0.3) is 0 Å². The number of aryl methyl sites for hydroxylation is 1. The molecule has 0 heterocycles. The highest BCUT2D eigenvalue weighted by atomic mass is 19.4. The van der Waals surface area contributed by atoms with Gasteiger partial charge in [-0.1, -0.05) is 11.6 Å². The van der Waals surface area contributed by atoms with Crippen molar-refractivity contribution in [2.75, 3.05) is 0 Å². The summed E-state index contributed by atoms with van der Waals surface area (Å²) in [5, 5.41) is 9.17. The normalized spacial score (nSPS) is 14.1. The molecule has 0 amide bonds. The molecule has 0 aliphatic heterocycles. The minimum absolute atomic E-state index is 0.289. The smallest absolute Gasteiger partial charge is 0.389 e. The predicted octanol–water partition coefficient (Wildman–Crippen LogP) is 3.07. The summed E-state index contributed by atoms with van der Waals surface area (Å²) in [6.45, 7) is 3.01. The lowest BCUT2D eigenvalue weighted by molar-refractivity contribution is -0.137. The van der Waals surface area contributed by atoms with Crippen LogP contribution in [0.4, 0.5) is 13.2 Å². The first-order valence-electron chi connectivity index (χ1n) is 4.17. The second-order valence-electron chi connectivity index (χ2n) is 3.31. The molecule has 0 spiro atoms. The van der Waals surface area contributed by atoms with Crippen LogP contribution in [0.1, 0.15) is 29.7 Å². The van der Waals surface area contributed by atoms with Gasteiger partial charge >= 0.3 is 6.18 Å². The van der Waals surface area contributed by atoms with Crippen molar-refractivity contribution in [1.82, 2.24) is 0 Å². The Hall–Kier alpha value is -1.03. The molecular weight excluding hydrogens is 193 g/mol. The van der Waals surface area contributed by atoms with Crippen LogP contribution >= 0.6 is 0 Å². The highest BCUT2D eigenvalue weighted by molar-refractivity contribution is 5.32. The highest BCUT2D eigenvalue weighted by Crippen LogP contribution is 2.31. The van der Waals surface area contributed by atoms with Crippen molar-refractivity contribution < 1.29 is 18.3 Å². The topological polar surface area (TPSA) is 20.2 Å². The van der Waals surface area contributed by atoms with Crippen molar-refractivity contribution in [1.29, 1.82) is 0 Å². The van der Waals surface area contributed by atoms with Crippen LogP contribution < -0.4 is 0 Å². The molecule has 0 unspecified atom stereocenters. The fourth-order valence-electron chi connectivity index (χ4n) is 1.22. The van der Waals surface area contributed by atoms with E-state index in [0.717, 1.165) is 12.1 Å². The molecule has 0 aromatic heterocycles. The molecule has 1 N–H and O–H groups in total. The third-order valence-electron chi connectivity index (χ3n) is 1.91. The lowest BCUT2D eigenvalue weighted by Gasteiger charge is -2.11. The van der Waals surface area contributed by atoms with Crippen LogP contribution in [0.2, 0.25) is 0 Å². The van der Waals surface area contributed by atoms with Gasteiger partial charge in [-0.2, -0.15) is 13.2 Å². The second kappa shape index (κ2) is 3.61. The zero-order valence-corrected chi connectivity index (χ0v) is 7.89. The minimum atomic E-state index is -4.35. The van der Waals surface area contributed by atoms with Crippen LogP contribution in [0.25, 0.3) is 0 Å². The highest BCUT2D eigenvalue weighted by Gasteiger charge is 2.31. The van der Waals surface area contributed by atoms with Gasteiger partial charge in [0.05, 0.1) is 11.7 Å². The van der Waals surface area contributed by atoms with Crippen molar-refractivity contribution in [3.8, 4) is 0 Å². The number of aliphatic hydroxyl groups is 1.